The molecule has 0 aliphatic heterocycles. The fourth-order valence-corrected chi connectivity index (χ4v) is 5.80. The number of carbonyl (C=O) groups is 2. The van der Waals surface area contributed by atoms with E-state index in [9.17, 15) is 9.59 Å². The van der Waals surface area contributed by atoms with Crippen LogP contribution < -0.4 is 10.6 Å². The summed E-state index contributed by atoms with van der Waals surface area (Å²) < 4.78 is 4.98. The van der Waals surface area contributed by atoms with Crippen molar-refractivity contribution in [1.82, 2.24) is 5.32 Å². The van der Waals surface area contributed by atoms with Crippen LogP contribution in [-0.2, 0) is 9.53 Å². The minimum Gasteiger partial charge on any atom is -0.383 e. The molecule has 0 saturated heterocycles. The molecule has 0 aromatic heterocycles. The fraction of sp³-hybridized carbons (Fsp3) is 0.619. The van der Waals surface area contributed by atoms with E-state index in [1.807, 2.05) is 18.2 Å². The van der Waals surface area contributed by atoms with Gasteiger partial charge in [-0.05, 0) is 68.4 Å². The van der Waals surface area contributed by atoms with Gasteiger partial charge in [-0.2, -0.15) is 0 Å². The third-order valence-electron chi connectivity index (χ3n) is 6.53. The Bertz CT molecular complexity index is 665. The first-order valence-electron chi connectivity index (χ1n) is 9.77. The van der Waals surface area contributed by atoms with Crippen LogP contribution in [0, 0.1) is 23.2 Å². The Morgan fingerprint density at radius 1 is 1.08 bits per heavy atom. The van der Waals surface area contributed by atoms with Crippen LogP contribution in [0.1, 0.15) is 48.9 Å². The van der Waals surface area contributed by atoms with E-state index in [2.05, 4.69) is 10.6 Å². The molecule has 4 fully saturated rings. The minimum absolute atomic E-state index is 0.119. The average molecular weight is 356 g/mol. The van der Waals surface area contributed by atoms with E-state index in [1.165, 1.54) is 19.3 Å². The van der Waals surface area contributed by atoms with Crippen LogP contribution in [0.15, 0.2) is 24.3 Å². The summed E-state index contributed by atoms with van der Waals surface area (Å²) in [5.74, 6) is 2.11. The van der Waals surface area contributed by atoms with Crippen molar-refractivity contribution in [3.8, 4) is 0 Å². The number of amides is 2. The van der Waals surface area contributed by atoms with Gasteiger partial charge in [0.25, 0.3) is 5.91 Å². The van der Waals surface area contributed by atoms with Crippen molar-refractivity contribution >= 4 is 17.5 Å². The van der Waals surface area contributed by atoms with E-state index < -0.39 is 0 Å². The normalized spacial score (nSPS) is 31.7. The molecule has 0 unspecified atom stereocenters. The van der Waals surface area contributed by atoms with Crippen LogP contribution in [0.5, 0.6) is 0 Å². The summed E-state index contributed by atoms with van der Waals surface area (Å²) in [4.78, 5) is 25.7. The van der Waals surface area contributed by atoms with Crippen molar-refractivity contribution in [3.05, 3.63) is 29.8 Å². The molecular weight excluding hydrogens is 328 g/mol. The van der Waals surface area contributed by atoms with E-state index in [1.54, 1.807) is 13.2 Å². The fourth-order valence-electron chi connectivity index (χ4n) is 5.80. The molecule has 5 heteroatoms. The molecule has 5 nitrogen and oxygen atoms in total. The molecule has 1 aromatic rings. The SMILES string of the molecule is COCCNC(=O)c1ccccc1NC(=O)C12CC3CC(CC(C3)C1)C2. The number of hydrogen-bond acceptors (Lipinski definition) is 3. The molecule has 4 bridgehead atoms. The Hall–Kier alpha value is -1.88. The van der Waals surface area contributed by atoms with Crippen LogP contribution in [0.3, 0.4) is 0 Å². The minimum atomic E-state index is -0.214. The lowest BCUT2D eigenvalue weighted by atomic mass is 9.49. The van der Waals surface area contributed by atoms with Crippen molar-refractivity contribution in [2.24, 2.45) is 23.2 Å². The van der Waals surface area contributed by atoms with Crippen LogP contribution in [0.4, 0.5) is 5.69 Å². The number of nitrogens with one attached hydrogen (secondary N) is 2. The van der Waals surface area contributed by atoms with Crippen molar-refractivity contribution in [2.75, 3.05) is 25.6 Å². The quantitative estimate of drug-likeness (QED) is 0.769. The van der Waals surface area contributed by atoms with E-state index in [4.69, 9.17) is 4.74 Å². The summed E-state index contributed by atoms with van der Waals surface area (Å²) >= 11 is 0. The van der Waals surface area contributed by atoms with Crippen LogP contribution in [0.25, 0.3) is 0 Å². The molecule has 1 aromatic carbocycles. The third-order valence-corrected chi connectivity index (χ3v) is 6.53. The van der Waals surface area contributed by atoms with Gasteiger partial charge in [-0.25, -0.2) is 0 Å². The second kappa shape index (κ2) is 7.03. The molecule has 140 valence electrons. The van der Waals surface area contributed by atoms with Gasteiger partial charge in [0.15, 0.2) is 0 Å². The van der Waals surface area contributed by atoms with Gasteiger partial charge < -0.3 is 15.4 Å². The van der Waals surface area contributed by atoms with Gasteiger partial charge in [0.05, 0.1) is 23.3 Å². The maximum atomic E-state index is 13.2. The summed E-state index contributed by atoms with van der Waals surface area (Å²) in [7, 11) is 1.60. The number of benzene rings is 1. The lowest BCUT2D eigenvalue weighted by Crippen LogP contribution is -2.51. The monoisotopic (exact) mass is 356 g/mol. The highest BCUT2D eigenvalue weighted by Gasteiger charge is 2.54. The average Bonchev–Trinajstić information content (AvgIpc) is 2.61. The Kier molecular flexibility index (Phi) is 4.74. The molecule has 4 aliphatic carbocycles. The lowest BCUT2D eigenvalue weighted by molar-refractivity contribution is -0.140. The van der Waals surface area contributed by atoms with Crippen molar-refractivity contribution in [3.63, 3.8) is 0 Å². The molecule has 0 radical (unpaired) electrons. The van der Waals surface area contributed by atoms with Crippen LogP contribution >= 0.6 is 0 Å². The third kappa shape index (κ3) is 3.25. The van der Waals surface area contributed by atoms with Gasteiger partial charge in [-0.15, -0.1) is 0 Å². The second-order valence-corrected chi connectivity index (χ2v) is 8.45. The highest BCUT2D eigenvalue weighted by Crippen LogP contribution is 2.60. The van der Waals surface area contributed by atoms with E-state index in [-0.39, 0.29) is 17.2 Å². The summed E-state index contributed by atoms with van der Waals surface area (Å²) in [6.45, 7) is 0.917. The summed E-state index contributed by atoms with van der Waals surface area (Å²) in [5, 5.41) is 5.94. The number of carbonyl (C=O) groups excluding carboxylic acids is 2. The van der Waals surface area contributed by atoms with E-state index >= 15 is 0 Å². The Balaban J connectivity index is 1.49. The van der Waals surface area contributed by atoms with Gasteiger partial charge in [-0.3, -0.25) is 9.59 Å². The first-order valence-corrected chi connectivity index (χ1v) is 9.77. The molecule has 4 saturated carbocycles. The van der Waals surface area contributed by atoms with Gasteiger partial charge in [0.1, 0.15) is 0 Å². The highest BCUT2D eigenvalue weighted by molar-refractivity contribution is 6.05. The van der Waals surface area contributed by atoms with Gasteiger partial charge >= 0.3 is 0 Å². The van der Waals surface area contributed by atoms with Gasteiger partial charge in [0.2, 0.25) is 5.91 Å². The molecule has 2 amide bonds. The summed E-state index contributed by atoms with van der Waals surface area (Å²) in [6, 6.07) is 7.27. The van der Waals surface area contributed by atoms with E-state index in [0.717, 1.165) is 37.0 Å². The Morgan fingerprint density at radius 2 is 1.69 bits per heavy atom. The topological polar surface area (TPSA) is 67.4 Å². The standard InChI is InChI=1S/C21H28N2O3/c1-26-7-6-22-19(24)17-4-2-3-5-18(17)23-20(25)21-11-14-8-15(12-21)10-16(9-14)13-21/h2-5,14-16H,6-13H2,1H3,(H,22,24)(H,23,25). The molecule has 4 aliphatic rings. The Labute approximate surface area is 154 Å². The lowest BCUT2D eigenvalue weighted by Gasteiger charge is -2.55. The number of para-hydroxylation sites is 1. The largest absolute Gasteiger partial charge is 0.383 e. The highest BCUT2D eigenvalue weighted by atomic mass is 16.5. The smallest absolute Gasteiger partial charge is 0.253 e. The second-order valence-electron chi connectivity index (χ2n) is 8.45. The zero-order valence-electron chi connectivity index (χ0n) is 15.4. The Morgan fingerprint density at radius 3 is 2.31 bits per heavy atom. The molecule has 0 spiro atoms. The molecule has 26 heavy (non-hydrogen) atoms. The predicted molar refractivity (Wildman–Crippen MR) is 99.9 cm³/mol. The molecule has 5 rings (SSSR count). The summed E-state index contributed by atoms with van der Waals surface area (Å²) in [5.41, 5.74) is 0.916. The molecule has 0 heterocycles. The number of ether oxygens (including phenoxy) is 1. The van der Waals surface area contributed by atoms with Crippen LogP contribution in [-0.4, -0.2) is 32.1 Å². The van der Waals surface area contributed by atoms with E-state index in [0.29, 0.717) is 24.4 Å². The van der Waals surface area contributed by atoms with Crippen molar-refractivity contribution in [1.29, 1.82) is 0 Å². The molecule has 2 N–H and O–H groups in total. The zero-order valence-corrected chi connectivity index (χ0v) is 15.4. The maximum absolute atomic E-state index is 13.2. The maximum Gasteiger partial charge on any atom is 0.253 e. The van der Waals surface area contributed by atoms with Gasteiger partial charge in [-0.1, -0.05) is 12.1 Å². The van der Waals surface area contributed by atoms with Crippen molar-refractivity contribution in [2.45, 2.75) is 38.5 Å². The number of anilines is 1. The van der Waals surface area contributed by atoms with Gasteiger partial charge in [0, 0.05) is 13.7 Å². The number of hydrogen-bond donors (Lipinski definition) is 2. The zero-order chi connectivity index (χ0) is 18.1. The summed E-state index contributed by atoms with van der Waals surface area (Å²) in [6.07, 6.45) is 6.99. The molecule has 0 atom stereocenters. The van der Waals surface area contributed by atoms with Crippen molar-refractivity contribution < 1.29 is 14.3 Å². The number of rotatable bonds is 6. The first-order chi connectivity index (χ1) is 12.6. The molecular formula is C21H28N2O3. The predicted octanol–water partition coefficient (Wildman–Crippen LogP) is 3.22. The van der Waals surface area contributed by atoms with Crippen LogP contribution in [0.2, 0.25) is 0 Å². The first kappa shape index (κ1) is 17.5. The number of methoxy groups -OCH3 is 1.